The summed E-state index contributed by atoms with van der Waals surface area (Å²) in [5.74, 6) is 0.106. The van der Waals surface area contributed by atoms with Crippen LogP contribution in [0, 0.1) is 6.92 Å². The predicted octanol–water partition coefficient (Wildman–Crippen LogP) is 4.55. The van der Waals surface area contributed by atoms with Gasteiger partial charge in [0, 0.05) is 11.6 Å². The monoisotopic (exact) mass is 384 g/mol. The maximum Gasteiger partial charge on any atom is 0.257 e. The molecule has 140 valence electrons. The number of amides is 1. The Morgan fingerprint density at radius 1 is 1.19 bits per heavy atom. The third-order valence-corrected chi connectivity index (χ3v) is 4.69. The maximum atomic E-state index is 12.8. The fraction of sp³-hybridized carbons (Fsp3) is 0.238. The van der Waals surface area contributed by atoms with Crippen molar-refractivity contribution in [3.8, 4) is 11.3 Å². The van der Waals surface area contributed by atoms with E-state index in [2.05, 4.69) is 10.5 Å². The van der Waals surface area contributed by atoms with Gasteiger partial charge in [0.1, 0.15) is 17.0 Å². The summed E-state index contributed by atoms with van der Waals surface area (Å²) in [6.07, 6.45) is -0.269. The van der Waals surface area contributed by atoms with Crippen LogP contribution in [-0.4, -0.2) is 22.2 Å². The van der Waals surface area contributed by atoms with Gasteiger partial charge in [-0.05, 0) is 31.9 Å². The molecule has 2 aromatic carbocycles. The molecule has 0 fully saturated rings. The SMILES string of the molecule is Cc1onc(-c2ccccc2Cl)c1C(=O)N[C@H](C)C[C@H](O)c1ccccc1. The maximum absolute atomic E-state index is 12.8. The van der Waals surface area contributed by atoms with Crippen LogP contribution in [0.15, 0.2) is 59.1 Å². The number of aliphatic hydroxyl groups is 1. The Bertz CT molecular complexity index is 924. The number of aliphatic hydroxyl groups excluding tert-OH is 1. The van der Waals surface area contributed by atoms with Crippen molar-refractivity contribution in [2.24, 2.45) is 0 Å². The summed E-state index contributed by atoms with van der Waals surface area (Å²) in [6, 6.07) is 16.3. The summed E-state index contributed by atoms with van der Waals surface area (Å²) in [6.45, 7) is 3.54. The molecule has 2 N–H and O–H groups in total. The molecule has 0 aliphatic heterocycles. The van der Waals surface area contributed by atoms with E-state index in [1.54, 1.807) is 19.1 Å². The largest absolute Gasteiger partial charge is 0.388 e. The molecule has 0 unspecified atom stereocenters. The van der Waals surface area contributed by atoms with Gasteiger partial charge in [-0.3, -0.25) is 4.79 Å². The lowest BCUT2D eigenvalue weighted by atomic mass is 10.0. The van der Waals surface area contributed by atoms with E-state index in [0.29, 0.717) is 34.0 Å². The molecule has 27 heavy (non-hydrogen) atoms. The fourth-order valence-electron chi connectivity index (χ4n) is 2.98. The zero-order chi connectivity index (χ0) is 19.4. The Labute approximate surface area is 163 Å². The first kappa shape index (κ1) is 19.1. The van der Waals surface area contributed by atoms with Gasteiger partial charge in [0.25, 0.3) is 5.91 Å². The van der Waals surface area contributed by atoms with Crippen LogP contribution in [-0.2, 0) is 0 Å². The number of nitrogens with one attached hydrogen (secondary N) is 1. The Balaban J connectivity index is 1.75. The zero-order valence-electron chi connectivity index (χ0n) is 15.1. The Morgan fingerprint density at radius 2 is 1.85 bits per heavy atom. The highest BCUT2D eigenvalue weighted by Gasteiger charge is 2.24. The standard InChI is InChI=1S/C21H21ClN2O3/c1-13(12-18(25)15-8-4-3-5-9-15)23-21(26)19-14(2)27-24-20(19)16-10-6-7-11-17(16)22/h3-11,13,18,25H,12H2,1-2H3,(H,23,26)/t13-,18+/m1/s1. The highest BCUT2D eigenvalue weighted by molar-refractivity contribution is 6.33. The molecule has 1 aromatic heterocycles. The minimum Gasteiger partial charge on any atom is -0.388 e. The number of aromatic nitrogens is 1. The number of halogens is 1. The number of hydrogen-bond donors (Lipinski definition) is 2. The van der Waals surface area contributed by atoms with Crippen LogP contribution in [0.1, 0.15) is 41.1 Å². The van der Waals surface area contributed by atoms with Crippen LogP contribution < -0.4 is 5.32 Å². The summed E-state index contributed by atoms with van der Waals surface area (Å²) < 4.78 is 5.24. The number of rotatable bonds is 6. The van der Waals surface area contributed by atoms with Crippen molar-refractivity contribution in [2.75, 3.05) is 0 Å². The first-order chi connectivity index (χ1) is 13.0. The second-order valence-corrected chi connectivity index (χ2v) is 6.89. The third kappa shape index (κ3) is 4.38. The quantitative estimate of drug-likeness (QED) is 0.654. The molecule has 0 aliphatic carbocycles. The average Bonchev–Trinajstić information content (AvgIpc) is 3.04. The van der Waals surface area contributed by atoms with Crippen LogP contribution in [0.5, 0.6) is 0 Å². The van der Waals surface area contributed by atoms with Crippen molar-refractivity contribution < 1.29 is 14.4 Å². The molecular weight excluding hydrogens is 364 g/mol. The highest BCUT2D eigenvalue weighted by atomic mass is 35.5. The van der Waals surface area contributed by atoms with Gasteiger partial charge in [0.2, 0.25) is 0 Å². The van der Waals surface area contributed by atoms with Gasteiger partial charge < -0.3 is 14.9 Å². The van der Waals surface area contributed by atoms with Crippen LogP contribution in [0.2, 0.25) is 5.02 Å². The van der Waals surface area contributed by atoms with Crippen molar-refractivity contribution in [3.05, 3.63) is 76.5 Å². The lowest BCUT2D eigenvalue weighted by molar-refractivity contribution is 0.0916. The smallest absolute Gasteiger partial charge is 0.257 e. The molecule has 0 saturated heterocycles. The summed E-state index contributed by atoms with van der Waals surface area (Å²) >= 11 is 6.24. The minimum atomic E-state index is -0.659. The lowest BCUT2D eigenvalue weighted by Gasteiger charge is -2.18. The lowest BCUT2D eigenvalue weighted by Crippen LogP contribution is -2.34. The number of carbonyl (C=O) groups excluding carboxylic acids is 1. The van der Waals surface area contributed by atoms with Crippen molar-refractivity contribution in [3.63, 3.8) is 0 Å². The van der Waals surface area contributed by atoms with Crippen molar-refractivity contribution >= 4 is 17.5 Å². The van der Waals surface area contributed by atoms with E-state index in [0.717, 1.165) is 5.56 Å². The van der Waals surface area contributed by atoms with E-state index >= 15 is 0 Å². The molecule has 0 aliphatic rings. The summed E-state index contributed by atoms with van der Waals surface area (Å²) in [4.78, 5) is 12.8. The van der Waals surface area contributed by atoms with Crippen LogP contribution in [0.4, 0.5) is 0 Å². The Hall–Kier alpha value is -2.63. The van der Waals surface area contributed by atoms with Crippen molar-refractivity contribution in [1.82, 2.24) is 10.5 Å². The first-order valence-electron chi connectivity index (χ1n) is 8.72. The molecule has 0 radical (unpaired) electrons. The van der Waals surface area contributed by atoms with Crippen molar-refractivity contribution in [1.29, 1.82) is 0 Å². The molecule has 3 aromatic rings. The van der Waals surface area contributed by atoms with E-state index in [-0.39, 0.29) is 11.9 Å². The Morgan fingerprint density at radius 3 is 2.56 bits per heavy atom. The summed E-state index contributed by atoms with van der Waals surface area (Å²) in [7, 11) is 0. The summed E-state index contributed by atoms with van der Waals surface area (Å²) in [5, 5.41) is 17.8. The normalized spacial score (nSPS) is 13.2. The zero-order valence-corrected chi connectivity index (χ0v) is 15.9. The fourth-order valence-corrected chi connectivity index (χ4v) is 3.20. The molecule has 6 heteroatoms. The van der Waals surface area contributed by atoms with E-state index in [1.807, 2.05) is 49.4 Å². The van der Waals surface area contributed by atoms with Gasteiger partial charge in [0.05, 0.1) is 11.1 Å². The van der Waals surface area contributed by atoms with Gasteiger partial charge in [-0.1, -0.05) is 65.3 Å². The van der Waals surface area contributed by atoms with Gasteiger partial charge in [-0.25, -0.2) is 0 Å². The van der Waals surface area contributed by atoms with Gasteiger partial charge in [-0.2, -0.15) is 0 Å². The van der Waals surface area contributed by atoms with Gasteiger partial charge in [-0.15, -0.1) is 0 Å². The van der Waals surface area contributed by atoms with Crippen LogP contribution >= 0.6 is 11.6 Å². The van der Waals surface area contributed by atoms with E-state index in [1.165, 1.54) is 0 Å². The van der Waals surface area contributed by atoms with E-state index < -0.39 is 6.10 Å². The topological polar surface area (TPSA) is 75.4 Å². The molecular formula is C21H21ClN2O3. The second-order valence-electron chi connectivity index (χ2n) is 6.48. The van der Waals surface area contributed by atoms with Crippen LogP contribution in [0.25, 0.3) is 11.3 Å². The average molecular weight is 385 g/mol. The molecule has 0 saturated carbocycles. The minimum absolute atomic E-state index is 0.249. The van der Waals surface area contributed by atoms with E-state index in [9.17, 15) is 9.90 Å². The molecule has 3 rings (SSSR count). The number of aryl methyl sites for hydroxylation is 1. The first-order valence-corrected chi connectivity index (χ1v) is 9.10. The number of benzene rings is 2. The summed E-state index contributed by atoms with van der Waals surface area (Å²) in [5.41, 5.74) is 2.21. The highest BCUT2D eigenvalue weighted by Crippen LogP contribution is 2.31. The number of nitrogens with zero attached hydrogens (tertiary/aromatic N) is 1. The predicted molar refractivity (Wildman–Crippen MR) is 105 cm³/mol. The molecule has 1 heterocycles. The molecule has 2 atom stereocenters. The van der Waals surface area contributed by atoms with Crippen molar-refractivity contribution in [2.45, 2.75) is 32.4 Å². The Kier molecular flexibility index (Phi) is 5.94. The van der Waals surface area contributed by atoms with Gasteiger partial charge >= 0.3 is 0 Å². The third-order valence-electron chi connectivity index (χ3n) is 4.36. The molecule has 1 amide bonds. The van der Waals surface area contributed by atoms with E-state index in [4.69, 9.17) is 16.1 Å². The molecule has 0 bridgehead atoms. The number of carbonyl (C=O) groups is 1. The van der Waals surface area contributed by atoms with Crippen LogP contribution in [0.3, 0.4) is 0 Å². The number of hydrogen-bond acceptors (Lipinski definition) is 4. The molecule has 0 spiro atoms. The molecule has 5 nitrogen and oxygen atoms in total. The van der Waals surface area contributed by atoms with Gasteiger partial charge in [0.15, 0.2) is 0 Å². The second kappa shape index (κ2) is 8.37.